The van der Waals surface area contributed by atoms with Crippen molar-refractivity contribution < 1.29 is 14.3 Å². The van der Waals surface area contributed by atoms with Gasteiger partial charge in [0.1, 0.15) is 18.3 Å². The Morgan fingerprint density at radius 1 is 0.935 bits per heavy atom. The van der Waals surface area contributed by atoms with Crippen molar-refractivity contribution in [1.29, 1.82) is 0 Å². The van der Waals surface area contributed by atoms with Crippen LogP contribution in [0.5, 0.6) is 5.75 Å². The van der Waals surface area contributed by atoms with Gasteiger partial charge in [0.2, 0.25) is 5.89 Å². The quantitative estimate of drug-likeness (QED) is 0.469. The predicted octanol–water partition coefficient (Wildman–Crippen LogP) is 6.71. The van der Waals surface area contributed by atoms with Crippen LogP contribution >= 0.6 is 0 Å². The van der Waals surface area contributed by atoms with Crippen molar-refractivity contribution in [3.05, 3.63) is 76.7 Å². The summed E-state index contributed by atoms with van der Waals surface area (Å²) in [6, 6.07) is 11.4. The van der Waals surface area contributed by atoms with Gasteiger partial charge in [0, 0.05) is 28.7 Å². The number of carbonyl (C=O) groups excluding carboxylic acids is 1. The normalized spacial score (nSPS) is 12.5. The number of phenols is 1. The van der Waals surface area contributed by atoms with Crippen molar-refractivity contribution in [1.82, 2.24) is 4.98 Å². The van der Waals surface area contributed by atoms with E-state index in [-0.39, 0.29) is 10.8 Å². The van der Waals surface area contributed by atoms with E-state index in [4.69, 9.17) is 4.42 Å². The van der Waals surface area contributed by atoms with E-state index in [9.17, 15) is 9.90 Å². The molecule has 0 bridgehead atoms. The summed E-state index contributed by atoms with van der Waals surface area (Å²) in [5, 5.41) is 10.9. The predicted molar refractivity (Wildman–Crippen MR) is 126 cm³/mol. The number of nitrogens with zero attached hydrogens (tertiary/aromatic N) is 1. The Hall–Kier alpha value is -3.14. The number of aromatic hydroxyl groups is 1. The van der Waals surface area contributed by atoms with Gasteiger partial charge in [-0.15, -0.1) is 0 Å². The number of oxazole rings is 1. The smallest absolute Gasteiger partial charge is 0.226 e. The van der Waals surface area contributed by atoms with Crippen molar-refractivity contribution >= 4 is 12.4 Å². The van der Waals surface area contributed by atoms with Crippen molar-refractivity contribution in [2.75, 3.05) is 0 Å². The minimum atomic E-state index is -0.211. The van der Waals surface area contributed by atoms with Gasteiger partial charge < -0.3 is 9.52 Å². The third-order valence-electron chi connectivity index (χ3n) is 5.23. The molecule has 3 rings (SSSR count). The first kappa shape index (κ1) is 22.5. The highest BCUT2D eigenvalue weighted by Gasteiger charge is 2.27. The standard InChI is InChI=1S/C27H31NO3/c1-26(2,3)22-14-20(15-23(24(22)30)27(4,5)6)25-28-21(17-31-25)9-7-8-18-10-12-19(16-29)13-11-18/h7-8,10-17,30H,9H2,1-6H3. The zero-order chi connectivity index (χ0) is 22.8. The van der Waals surface area contributed by atoms with Crippen LogP contribution in [-0.2, 0) is 17.3 Å². The van der Waals surface area contributed by atoms with Crippen LogP contribution in [0.2, 0.25) is 0 Å². The van der Waals surface area contributed by atoms with Crippen molar-refractivity contribution in [2.45, 2.75) is 58.8 Å². The van der Waals surface area contributed by atoms with Gasteiger partial charge in [-0.3, -0.25) is 4.79 Å². The molecule has 0 amide bonds. The number of hydrogen-bond donors (Lipinski definition) is 1. The van der Waals surface area contributed by atoms with Crippen LogP contribution in [0.15, 0.2) is 53.2 Å². The molecule has 0 aliphatic carbocycles. The fourth-order valence-corrected chi connectivity index (χ4v) is 3.44. The Labute approximate surface area is 184 Å². The third-order valence-corrected chi connectivity index (χ3v) is 5.23. The number of phenolic OH excluding ortho intramolecular Hbond substituents is 1. The fourth-order valence-electron chi connectivity index (χ4n) is 3.44. The first-order valence-electron chi connectivity index (χ1n) is 10.5. The second kappa shape index (κ2) is 8.54. The lowest BCUT2D eigenvalue weighted by atomic mass is 9.78. The highest BCUT2D eigenvalue weighted by Crippen LogP contribution is 2.41. The van der Waals surface area contributed by atoms with Crippen LogP contribution in [0.3, 0.4) is 0 Å². The lowest BCUT2D eigenvalue weighted by molar-refractivity contribution is 0.112. The van der Waals surface area contributed by atoms with Crippen LogP contribution in [0, 0.1) is 0 Å². The summed E-state index contributed by atoms with van der Waals surface area (Å²) in [7, 11) is 0. The number of aromatic nitrogens is 1. The third kappa shape index (κ3) is 5.32. The highest BCUT2D eigenvalue weighted by molar-refractivity contribution is 5.75. The van der Waals surface area contributed by atoms with Crippen molar-refractivity contribution in [3.63, 3.8) is 0 Å². The first-order valence-corrected chi connectivity index (χ1v) is 10.5. The molecule has 31 heavy (non-hydrogen) atoms. The summed E-state index contributed by atoms with van der Waals surface area (Å²) in [5.41, 5.74) is 4.73. The highest BCUT2D eigenvalue weighted by atomic mass is 16.3. The minimum absolute atomic E-state index is 0.211. The Balaban J connectivity index is 1.87. The van der Waals surface area contributed by atoms with Gasteiger partial charge in [0.15, 0.2) is 0 Å². The lowest BCUT2D eigenvalue weighted by Gasteiger charge is -2.27. The van der Waals surface area contributed by atoms with E-state index in [1.54, 1.807) is 18.4 Å². The van der Waals surface area contributed by atoms with Crippen molar-refractivity contribution in [3.8, 4) is 17.2 Å². The van der Waals surface area contributed by atoms with Crippen LogP contribution in [0.25, 0.3) is 17.5 Å². The summed E-state index contributed by atoms with van der Waals surface area (Å²) in [6.45, 7) is 12.5. The monoisotopic (exact) mass is 417 g/mol. The molecule has 0 radical (unpaired) electrons. The van der Waals surface area contributed by atoms with Gasteiger partial charge in [0.25, 0.3) is 0 Å². The number of allylic oxidation sites excluding steroid dienone is 1. The molecular weight excluding hydrogens is 386 g/mol. The molecule has 0 spiro atoms. The van der Waals surface area contributed by atoms with Crippen LogP contribution in [0.4, 0.5) is 0 Å². The number of hydrogen-bond acceptors (Lipinski definition) is 4. The number of carbonyl (C=O) groups is 1. The molecule has 0 aliphatic heterocycles. The Morgan fingerprint density at radius 3 is 2.00 bits per heavy atom. The molecule has 1 heterocycles. The number of rotatable bonds is 5. The summed E-state index contributed by atoms with van der Waals surface area (Å²) < 4.78 is 5.79. The Kier molecular flexibility index (Phi) is 6.21. The zero-order valence-electron chi connectivity index (χ0n) is 19.2. The summed E-state index contributed by atoms with van der Waals surface area (Å²) in [5.74, 6) is 0.897. The van der Waals surface area contributed by atoms with Crippen LogP contribution < -0.4 is 0 Å². The van der Waals surface area contributed by atoms with Gasteiger partial charge in [-0.1, -0.05) is 78.0 Å². The maximum atomic E-state index is 10.9. The zero-order valence-corrected chi connectivity index (χ0v) is 19.2. The lowest BCUT2D eigenvalue weighted by Crippen LogP contribution is -2.17. The molecule has 0 aliphatic rings. The van der Waals surface area contributed by atoms with Crippen molar-refractivity contribution in [2.24, 2.45) is 0 Å². The average Bonchev–Trinajstić information content (AvgIpc) is 3.16. The van der Waals surface area contributed by atoms with Gasteiger partial charge in [-0.05, 0) is 28.5 Å². The van der Waals surface area contributed by atoms with Gasteiger partial charge in [-0.2, -0.15) is 0 Å². The maximum Gasteiger partial charge on any atom is 0.226 e. The molecule has 0 unspecified atom stereocenters. The largest absolute Gasteiger partial charge is 0.507 e. The van der Waals surface area contributed by atoms with Gasteiger partial charge in [0.05, 0.1) is 5.69 Å². The molecule has 0 saturated heterocycles. The molecular formula is C27H31NO3. The number of benzene rings is 2. The molecule has 0 saturated carbocycles. The van der Waals surface area contributed by atoms with E-state index in [1.165, 1.54) is 0 Å². The summed E-state index contributed by atoms with van der Waals surface area (Å²) in [6.07, 6.45) is 7.17. The number of aldehydes is 1. The summed E-state index contributed by atoms with van der Waals surface area (Å²) in [4.78, 5) is 15.4. The average molecular weight is 418 g/mol. The minimum Gasteiger partial charge on any atom is -0.507 e. The molecule has 0 fully saturated rings. The molecule has 1 N–H and O–H groups in total. The van der Waals surface area contributed by atoms with E-state index in [2.05, 4.69) is 46.5 Å². The second-order valence-corrected chi connectivity index (χ2v) is 9.95. The molecule has 2 aromatic carbocycles. The van der Waals surface area contributed by atoms with Crippen LogP contribution in [-0.4, -0.2) is 16.4 Å². The second-order valence-electron chi connectivity index (χ2n) is 9.95. The van der Waals surface area contributed by atoms with E-state index in [0.717, 1.165) is 34.2 Å². The topological polar surface area (TPSA) is 63.3 Å². The van der Waals surface area contributed by atoms with E-state index >= 15 is 0 Å². The van der Waals surface area contributed by atoms with E-state index in [1.807, 2.05) is 36.4 Å². The molecule has 4 nitrogen and oxygen atoms in total. The first-order chi connectivity index (χ1) is 14.5. The SMILES string of the molecule is CC(C)(C)c1cc(-c2nc(CC=Cc3ccc(C=O)cc3)co2)cc(C(C)(C)C)c1O. The molecule has 3 aromatic rings. The Bertz CT molecular complexity index is 1060. The van der Waals surface area contributed by atoms with Gasteiger partial charge in [-0.25, -0.2) is 4.98 Å². The fraction of sp³-hybridized carbons (Fsp3) is 0.333. The Morgan fingerprint density at radius 2 is 1.48 bits per heavy atom. The van der Waals surface area contributed by atoms with Gasteiger partial charge >= 0.3 is 0 Å². The van der Waals surface area contributed by atoms with Crippen LogP contribution in [0.1, 0.15) is 74.3 Å². The molecule has 1 aromatic heterocycles. The molecule has 162 valence electrons. The molecule has 4 heteroatoms. The van der Waals surface area contributed by atoms with E-state index in [0.29, 0.717) is 23.6 Å². The summed E-state index contributed by atoms with van der Waals surface area (Å²) >= 11 is 0. The molecule has 0 atom stereocenters. The maximum absolute atomic E-state index is 10.9. The van der Waals surface area contributed by atoms with E-state index < -0.39 is 0 Å².